The van der Waals surface area contributed by atoms with E-state index in [2.05, 4.69) is 53.0 Å². The quantitative estimate of drug-likeness (QED) is 0.753. The first-order chi connectivity index (χ1) is 7.73. The Morgan fingerprint density at radius 2 is 1.65 bits per heavy atom. The van der Waals surface area contributed by atoms with Gasteiger partial charge < -0.3 is 9.31 Å². The molecule has 0 spiro atoms. The fourth-order valence-corrected chi connectivity index (χ4v) is 2.70. The van der Waals surface area contributed by atoms with Gasteiger partial charge in [0, 0.05) is 4.88 Å². The van der Waals surface area contributed by atoms with Gasteiger partial charge in [-0.05, 0) is 50.5 Å². The number of rotatable bonds is 2. The number of thiophene rings is 1. The molecule has 1 aromatic heterocycles. The Kier molecular flexibility index (Phi) is 3.17. The lowest BCUT2D eigenvalue weighted by atomic mass is 9.81. The van der Waals surface area contributed by atoms with Crippen LogP contribution in [0.15, 0.2) is 11.4 Å². The first-order valence-corrected chi connectivity index (χ1v) is 7.05. The van der Waals surface area contributed by atoms with E-state index in [0.717, 1.165) is 5.46 Å². The van der Waals surface area contributed by atoms with Crippen molar-refractivity contribution in [2.24, 2.45) is 0 Å². The summed E-state index contributed by atoms with van der Waals surface area (Å²) < 4.78 is 12.1. The van der Waals surface area contributed by atoms with Gasteiger partial charge in [-0.1, -0.05) is 13.8 Å². The molecule has 0 saturated carbocycles. The molecule has 0 bridgehead atoms. The maximum absolute atomic E-state index is 6.03. The zero-order chi connectivity index (χ0) is 12.8. The molecule has 1 aliphatic rings. The molecule has 0 aliphatic carbocycles. The fraction of sp³-hybridized carbons (Fsp3) is 0.692. The van der Waals surface area contributed by atoms with Gasteiger partial charge in [0.1, 0.15) is 0 Å². The molecule has 94 valence electrons. The van der Waals surface area contributed by atoms with Crippen LogP contribution in [0.5, 0.6) is 0 Å². The molecule has 0 atom stereocenters. The molecule has 1 aromatic rings. The molecule has 2 rings (SSSR count). The Morgan fingerprint density at radius 1 is 1.12 bits per heavy atom. The highest BCUT2D eigenvalue weighted by Crippen LogP contribution is 2.36. The Labute approximate surface area is 108 Å². The average Bonchev–Trinajstić information content (AvgIpc) is 2.70. The number of hydrogen-bond donors (Lipinski definition) is 0. The highest BCUT2D eigenvalue weighted by atomic mass is 32.1. The van der Waals surface area contributed by atoms with Crippen LogP contribution in [0, 0.1) is 0 Å². The van der Waals surface area contributed by atoms with E-state index in [-0.39, 0.29) is 18.3 Å². The van der Waals surface area contributed by atoms with E-state index in [4.69, 9.17) is 9.31 Å². The standard InChI is InChI=1S/C13H21BO2S/c1-9(2)11-7-10(8-17-11)14-15-12(3,4)13(5,6)16-14/h7-9H,1-6H3. The molecule has 2 heterocycles. The largest absolute Gasteiger partial charge is 0.495 e. The molecule has 0 amide bonds. The van der Waals surface area contributed by atoms with Crippen molar-refractivity contribution in [2.45, 2.75) is 58.7 Å². The second-order valence-electron chi connectivity index (χ2n) is 6.03. The van der Waals surface area contributed by atoms with Gasteiger partial charge in [0.05, 0.1) is 11.2 Å². The molecule has 1 aliphatic heterocycles. The van der Waals surface area contributed by atoms with Crippen molar-refractivity contribution in [1.82, 2.24) is 0 Å². The SMILES string of the molecule is CC(C)c1cc(B2OC(C)(C)C(C)(C)O2)cs1. The zero-order valence-corrected chi connectivity index (χ0v) is 12.4. The van der Waals surface area contributed by atoms with Gasteiger partial charge in [-0.3, -0.25) is 0 Å². The smallest absolute Gasteiger partial charge is 0.399 e. The first-order valence-electron chi connectivity index (χ1n) is 6.17. The maximum atomic E-state index is 6.03. The molecule has 4 heteroatoms. The van der Waals surface area contributed by atoms with Crippen LogP contribution in [-0.2, 0) is 9.31 Å². The Morgan fingerprint density at radius 3 is 2.06 bits per heavy atom. The van der Waals surface area contributed by atoms with Crippen molar-refractivity contribution in [2.75, 3.05) is 0 Å². The van der Waals surface area contributed by atoms with Crippen molar-refractivity contribution < 1.29 is 9.31 Å². The van der Waals surface area contributed by atoms with E-state index in [0.29, 0.717) is 5.92 Å². The van der Waals surface area contributed by atoms with Gasteiger partial charge in [-0.15, -0.1) is 11.3 Å². The van der Waals surface area contributed by atoms with Crippen molar-refractivity contribution in [3.05, 3.63) is 16.3 Å². The third kappa shape index (κ3) is 2.31. The van der Waals surface area contributed by atoms with Crippen LogP contribution in [0.3, 0.4) is 0 Å². The summed E-state index contributed by atoms with van der Waals surface area (Å²) in [6.07, 6.45) is 0. The molecule has 1 fully saturated rings. The van der Waals surface area contributed by atoms with E-state index in [1.807, 2.05) is 0 Å². The lowest BCUT2D eigenvalue weighted by Gasteiger charge is -2.32. The minimum absolute atomic E-state index is 0.219. The highest BCUT2D eigenvalue weighted by Gasteiger charge is 2.51. The van der Waals surface area contributed by atoms with Crippen molar-refractivity contribution in [1.29, 1.82) is 0 Å². The summed E-state index contributed by atoms with van der Waals surface area (Å²) in [6, 6.07) is 2.21. The van der Waals surface area contributed by atoms with E-state index in [1.54, 1.807) is 11.3 Å². The molecule has 2 nitrogen and oxygen atoms in total. The summed E-state index contributed by atoms with van der Waals surface area (Å²) in [5.41, 5.74) is 0.646. The van der Waals surface area contributed by atoms with E-state index in [9.17, 15) is 0 Å². The van der Waals surface area contributed by atoms with E-state index >= 15 is 0 Å². The molecule has 0 radical (unpaired) electrons. The lowest BCUT2D eigenvalue weighted by molar-refractivity contribution is 0.00578. The van der Waals surface area contributed by atoms with Crippen LogP contribution in [0.25, 0.3) is 0 Å². The lowest BCUT2D eigenvalue weighted by Crippen LogP contribution is -2.41. The summed E-state index contributed by atoms with van der Waals surface area (Å²) in [5.74, 6) is 0.566. The molecular formula is C13H21BO2S. The van der Waals surface area contributed by atoms with Crippen molar-refractivity contribution in [3.8, 4) is 0 Å². The Hall–Kier alpha value is -0.315. The molecule has 0 aromatic carbocycles. The van der Waals surface area contributed by atoms with Gasteiger partial charge >= 0.3 is 7.12 Å². The van der Waals surface area contributed by atoms with Crippen LogP contribution in [0.2, 0.25) is 0 Å². The third-order valence-corrected chi connectivity index (χ3v) is 4.99. The van der Waals surface area contributed by atoms with Gasteiger partial charge in [0.15, 0.2) is 0 Å². The van der Waals surface area contributed by atoms with Gasteiger partial charge in [0.25, 0.3) is 0 Å². The van der Waals surface area contributed by atoms with Crippen LogP contribution < -0.4 is 5.46 Å². The topological polar surface area (TPSA) is 18.5 Å². The monoisotopic (exact) mass is 252 g/mol. The molecular weight excluding hydrogens is 231 g/mol. The Bertz CT molecular complexity index is 393. The summed E-state index contributed by atoms with van der Waals surface area (Å²) >= 11 is 1.78. The van der Waals surface area contributed by atoms with Crippen LogP contribution >= 0.6 is 11.3 Å². The zero-order valence-electron chi connectivity index (χ0n) is 11.5. The van der Waals surface area contributed by atoms with Gasteiger partial charge in [0.2, 0.25) is 0 Å². The normalized spacial score (nSPS) is 22.4. The summed E-state index contributed by atoms with van der Waals surface area (Å²) in [5, 5.41) is 2.15. The average molecular weight is 252 g/mol. The van der Waals surface area contributed by atoms with Crippen molar-refractivity contribution >= 4 is 23.9 Å². The van der Waals surface area contributed by atoms with E-state index < -0.39 is 0 Å². The second kappa shape index (κ2) is 4.11. The maximum Gasteiger partial charge on any atom is 0.495 e. The third-order valence-electron chi connectivity index (χ3n) is 3.73. The fourth-order valence-electron chi connectivity index (χ4n) is 1.77. The van der Waals surface area contributed by atoms with Crippen molar-refractivity contribution in [3.63, 3.8) is 0 Å². The molecule has 0 unspecified atom stereocenters. The molecule has 1 saturated heterocycles. The minimum atomic E-state index is -0.252. The summed E-state index contributed by atoms with van der Waals surface area (Å²) in [4.78, 5) is 1.38. The predicted octanol–water partition coefficient (Wildman–Crippen LogP) is 3.17. The summed E-state index contributed by atoms with van der Waals surface area (Å²) in [7, 11) is -0.219. The van der Waals surface area contributed by atoms with Gasteiger partial charge in [-0.2, -0.15) is 0 Å². The van der Waals surface area contributed by atoms with Crippen LogP contribution in [0.4, 0.5) is 0 Å². The minimum Gasteiger partial charge on any atom is -0.399 e. The molecule has 0 N–H and O–H groups in total. The van der Waals surface area contributed by atoms with Gasteiger partial charge in [-0.25, -0.2) is 0 Å². The predicted molar refractivity (Wildman–Crippen MR) is 74.1 cm³/mol. The van der Waals surface area contributed by atoms with E-state index in [1.165, 1.54) is 4.88 Å². The second-order valence-corrected chi connectivity index (χ2v) is 6.97. The van der Waals surface area contributed by atoms with Crippen LogP contribution in [-0.4, -0.2) is 18.3 Å². The molecule has 17 heavy (non-hydrogen) atoms. The highest BCUT2D eigenvalue weighted by molar-refractivity contribution is 7.11. The van der Waals surface area contributed by atoms with Crippen LogP contribution in [0.1, 0.15) is 52.3 Å². The first kappa shape index (κ1) is 13.1. The number of hydrogen-bond acceptors (Lipinski definition) is 3. The summed E-state index contributed by atoms with van der Waals surface area (Å²) in [6.45, 7) is 12.8. The Balaban J connectivity index is 2.20.